The van der Waals surface area contributed by atoms with Crippen LogP contribution in [-0.2, 0) is 13.6 Å². The number of hydrogen-bond acceptors (Lipinski definition) is 3. The minimum Gasteiger partial charge on any atom is -0.340 e. The van der Waals surface area contributed by atoms with Crippen LogP contribution in [-0.4, -0.2) is 37.9 Å². The molecular formula is C23H23F2N3OS. The first kappa shape index (κ1) is 20.6. The Morgan fingerprint density at radius 2 is 1.90 bits per heavy atom. The first-order valence-electron chi connectivity index (χ1n) is 9.92. The number of carbonyl (C=O) groups is 1. The van der Waals surface area contributed by atoms with E-state index in [1.807, 2.05) is 23.7 Å². The van der Waals surface area contributed by atoms with Gasteiger partial charge in [0.1, 0.15) is 17.3 Å². The monoisotopic (exact) mass is 427 g/mol. The highest BCUT2D eigenvalue weighted by molar-refractivity contribution is 7.99. The molecule has 0 radical (unpaired) electrons. The highest BCUT2D eigenvalue weighted by atomic mass is 32.2. The Kier molecular flexibility index (Phi) is 6.18. The van der Waals surface area contributed by atoms with Crippen molar-refractivity contribution in [1.82, 2.24) is 14.5 Å². The summed E-state index contributed by atoms with van der Waals surface area (Å²) < 4.78 is 29.5. The summed E-state index contributed by atoms with van der Waals surface area (Å²) in [4.78, 5) is 19.3. The third kappa shape index (κ3) is 4.56. The second kappa shape index (κ2) is 9.00. The quantitative estimate of drug-likeness (QED) is 0.581. The van der Waals surface area contributed by atoms with Crippen LogP contribution in [0.1, 0.15) is 28.9 Å². The molecule has 156 valence electrons. The van der Waals surface area contributed by atoms with Gasteiger partial charge in [0, 0.05) is 31.4 Å². The predicted molar refractivity (Wildman–Crippen MR) is 115 cm³/mol. The molecule has 0 bridgehead atoms. The summed E-state index contributed by atoms with van der Waals surface area (Å²) in [5, 5.41) is 0. The van der Waals surface area contributed by atoms with E-state index in [1.165, 1.54) is 18.2 Å². The second-order valence-corrected chi connectivity index (χ2v) is 8.75. The van der Waals surface area contributed by atoms with Gasteiger partial charge in [0.15, 0.2) is 0 Å². The summed E-state index contributed by atoms with van der Waals surface area (Å²) in [7, 11) is 1.83. The number of aryl methyl sites for hydroxylation is 1. The van der Waals surface area contributed by atoms with E-state index in [-0.39, 0.29) is 23.6 Å². The maximum atomic E-state index is 14.5. The van der Waals surface area contributed by atoms with E-state index >= 15 is 0 Å². The molecule has 2 heterocycles. The molecule has 0 spiro atoms. The van der Waals surface area contributed by atoms with Gasteiger partial charge in [0.05, 0.1) is 6.33 Å². The van der Waals surface area contributed by atoms with Crippen molar-refractivity contribution < 1.29 is 13.6 Å². The smallest absolute Gasteiger partial charge is 0.274 e. The number of benzene rings is 2. The number of halogens is 2. The van der Waals surface area contributed by atoms with Crippen molar-refractivity contribution in [2.24, 2.45) is 7.05 Å². The molecule has 1 amide bonds. The van der Waals surface area contributed by atoms with E-state index in [9.17, 15) is 13.6 Å². The van der Waals surface area contributed by atoms with Gasteiger partial charge in [-0.15, -0.1) is 0 Å². The number of rotatable bonds is 5. The SMILES string of the molecule is Cn1cnc(C(=O)N(Cc2ccc(F)c(-c3ccc(F)cc3)c2)C2CCSCC2)c1. The lowest BCUT2D eigenvalue weighted by atomic mass is 10.0. The largest absolute Gasteiger partial charge is 0.340 e. The Labute approximate surface area is 178 Å². The van der Waals surface area contributed by atoms with Crippen LogP contribution in [0.4, 0.5) is 8.78 Å². The van der Waals surface area contributed by atoms with Gasteiger partial charge in [-0.25, -0.2) is 13.8 Å². The molecule has 4 rings (SSSR count). The molecule has 1 aromatic heterocycles. The zero-order chi connectivity index (χ0) is 21.1. The summed E-state index contributed by atoms with van der Waals surface area (Å²) in [6.07, 6.45) is 5.19. The molecule has 0 atom stereocenters. The van der Waals surface area contributed by atoms with E-state index in [0.717, 1.165) is 29.9 Å². The standard InChI is InChI=1S/C23H23F2N3OS/c1-27-14-22(26-15-27)23(29)28(19-8-10-30-11-9-19)13-16-2-7-21(25)20(12-16)17-3-5-18(24)6-4-17/h2-7,12,14-15,19H,8-11,13H2,1H3. The Morgan fingerprint density at radius 3 is 2.57 bits per heavy atom. The fourth-order valence-corrected chi connectivity index (χ4v) is 4.83. The van der Waals surface area contributed by atoms with Crippen LogP contribution in [0.25, 0.3) is 11.1 Å². The Morgan fingerprint density at radius 1 is 1.17 bits per heavy atom. The lowest BCUT2D eigenvalue weighted by molar-refractivity contribution is 0.0643. The number of carbonyl (C=O) groups excluding carboxylic acids is 1. The van der Waals surface area contributed by atoms with Crippen molar-refractivity contribution in [3.05, 3.63) is 77.9 Å². The maximum absolute atomic E-state index is 14.5. The van der Waals surface area contributed by atoms with Crippen molar-refractivity contribution in [3.8, 4) is 11.1 Å². The minimum atomic E-state index is -0.373. The van der Waals surface area contributed by atoms with Gasteiger partial charge < -0.3 is 9.47 Å². The summed E-state index contributed by atoms with van der Waals surface area (Å²) in [6.45, 7) is 0.374. The van der Waals surface area contributed by atoms with Crippen LogP contribution in [0.3, 0.4) is 0 Å². The summed E-state index contributed by atoms with van der Waals surface area (Å²) in [5.41, 5.74) is 2.25. The average Bonchev–Trinajstić information content (AvgIpc) is 3.20. The molecule has 1 aliphatic heterocycles. The van der Waals surface area contributed by atoms with Crippen molar-refractivity contribution in [3.63, 3.8) is 0 Å². The van der Waals surface area contributed by atoms with Crippen LogP contribution in [0.5, 0.6) is 0 Å². The molecule has 4 nitrogen and oxygen atoms in total. The number of nitrogens with zero attached hydrogens (tertiary/aromatic N) is 3. The lowest BCUT2D eigenvalue weighted by Gasteiger charge is -2.34. The van der Waals surface area contributed by atoms with E-state index in [2.05, 4.69) is 4.98 Å². The topological polar surface area (TPSA) is 38.1 Å². The number of aromatic nitrogens is 2. The third-order valence-corrected chi connectivity index (χ3v) is 6.40. The van der Waals surface area contributed by atoms with Gasteiger partial charge in [-0.05, 0) is 59.7 Å². The molecule has 0 N–H and O–H groups in total. The predicted octanol–water partition coefficient (Wildman–Crippen LogP) is 4.90. The van der Waals surface area contributed by atoms with Crippen LogP contribution in [0.2, 0.25) is 0 Å². The Bertz CT molecular complexity index is 1030. The molecule has 2 aromatic carbocycles. The maximum Gasteiger partial charge on any atom is 0.274 e. The molecule has 0 saturated carbocycles. The van der Waals surface area contributed by atoms with E-state index in [1.54, 1.807) is 41.4 Å². The second-order valence-electron chi connectivity index (χ2n) is 7.52. The van der Waals surface area contributed by atoms with Crippen LogP contribution >= 0.6 is 11.8 Å². The van der Waals surface area contributed by atoms with Crippen LogP contribution < -0.4 is 0 Å². The van der Waals surface area contributed by atoms with Crippen LogP contribution in [0.15, 0.2) is 55.0 Å². The molecule has 0 aliphatic carbocycles. The fraction of sp³-hybridized carbons (Fsp3) is 0.304. The van der Waals surface area contributed by atoms with Gasteiger partial charge in [-0.2, -0.15) is 11.8 Å². The Hall–Kier alpha value is -2.67. The molecule has 1 aliphatic rings. The van der Waals surface area contributed by atoms with Gasteiger partial charge >= 0.3 is 0 Å². The van der Waals surface area contributed by atoms with Crippen molar-refractivity contribution >= 4 is 17.7 Å². The molecule has 7 heteroatoms. The summed E-state index contributed by atoms with van der Waals surface area (Å²) in [6, 6.07) is 10.8. The van der Waals surface area contributed by atoms with Gasteiger partial charge in [-0.1, -0.05) is 18.2 Å². The van der Waals surface area contributed by atoms with Gasteiger partial charge in [0.25, 0.3) is 5.91 Å². The Balaban J connectivity index is 1.64. The molecular weight excluding hydrogens is 404 g/mol. The molecule has 1 saturated heterocycles. The van der Waals surface area contributed by atoms with Gasteiger partial charge in [0.2, 0.25) is 0 Å². The fourth-order valence-electron chi connectivity index (χ4n) is 3.75. The van der Waals surface area contributed by atoms with Crippen LogP contribution in [0, 0.1) is 11.6 Å². The zero-order valence-electron chi connectivity index (χ0n) is 16.7. The summed E-state index contributed by atoms with van der Waals surface area (Å²) >= 11 is 1.90. The lowest BCUT2D eigenvalue weighted by Crippen LogP contribution is -2.42. The molecule has 3 aromatic rings. The number of imidazole rings is 1. The highest BCUT2D eigenvalue weighted by Gasteiger charge is 2.28. The molecule has 0 unspecified atom stereocenters. The van der Waals surface area contributed by atoms with Crippen molar-refractivity contribution in [1.29, 1.82) is 0 Å². The number of hydrogen-bond donors (Lipinski definition) is 0. The van der Waals surface area contributed by atoms with E-state index in [0.29, 0.717) is 23.4 Å². The van der Waals surface area contributed by atoms with E-state index < -0.39 is 0 Å². The van der Waals surface area contributed by atoms with Crippen molar-refractivity contribution in [2.45, 2.75) is 25.4 Å². The third-order valence-electron chi connectivity index (χ3n) is 5.36. The number of amides is 1. The normalized spacial score (nSPS) is 14.6. The number of thioether (sulfide) groups is 1. The van der Waals surface area contributed by atoms with Crippen molar-refractivity contribution in [2.75, 3.05) is 11.5 Å². The zero-order valence-corrected chi connectivity index (χ0v) is 17.5. The van der Waals surface area contributed by atoms with E-state index in [4.69, 9.17) is 0 Å². The minimum absolute atomic E-state index is 0.111. The van der Waals surface area contributed by atoms with Gasteiger partial charge in [-0.3, -0.25) is 4.79 Å². The molecule has 1 fully saturated rings. The average molecular weight is 428 g/mol. The highest BCUT2D eigenvalue weighted by Crippen LogP contribution is 2.28. The first-order chi connectivity index (χ1) is 14.5. The summed E-state index contributed by atoms with van der Waals surface area (Å²) in [5.74, 6) is 1.18. The first-order valence-corrected chi connectivity index (χ1v) is 11.1. The molecule has 30 heavy (non-hydrogen) atoms.